The SMILES string of the molecule is N#[N+]c1c(C=O)cc(C=O)cc1C=O. The fourth-order valence-electron chi connectivity index (χ4n) is 1.07. The van der Waals surface area contributed by atoms with Gasteiger partial charge in [-0.25, -0.2) is 0 Å². The summed E-state index contributed by atoms with van der Waals surface area (Å²) in [5.74, 6) is 0. The van der Waals surface area contributed by atoms with Crippen molar-refractivity contribution in [1.29, 1.82) is 5.39 Å². The third-order valence-electron chi connectivity index (χ3n) is 1.68. The summed E-state index contributed by atoms with van der Waals surface area (Å²) in [6.07, 6.45) is 1.32. The Morgan fingerprint density at radius 2 is 1.50 bits per heavy atom. The quantitative estimate of drug-likeness (QED) is 0.534. The van der Waals surface area contributed by atoms with Crippen molar-refractivity contribution in [2.75, 3.05) is 0 Å². The van der Waals surface area contributed by atoms with Crippen LogP contribution >= 0.6 is 0 Å². The van der Waals surface area contributed by atoms with Crippen molar-refractivity contribution in [2.24, 2.45) is 0 Å². The number of benzene rings is 1. The number of hydrogen-bond acceptors (Lipinski definition) is 4. The smallest absolute Gasteiger partial charge is 0.298 e. The number of diazo groups is 1. The predicted molar refractivity (Wildman–Crippen MR) is 47.3 cm³/mol. The highest BCUT2D eigenvalue weighted by Gasteiger charge is 2.20. The second kappa shape index (κ2) is 4.05. The molecule has 0 unspecified atom stereocenters. The van der Waals surface area contributed by atoms with E-state index in [1.807, 2.05) is 0 Å². The maximum Gasteiger partial charge on any atom is 0.405 e. The van der Waals surface area contributed by atoms with Gasteiger partial charge in [0.15, 0.2) is 17.5 Å². The van der Waals surface area contributed by atoms with Gasteiger partial charge in [-0.1, -0.05) is 0 Å². The molecule has 68 valence electrons. The van der Waals surface area contributed by atoms with Gasteiger partial charge in [-0.2, -0.15) is 0 Å². The van der Waals surface area contributed by atoms with Gasteiger partial charge in [-0.3, -0.25) is 14.4 Å². The fourth-order valence-corrected chi connectivity index (χ4v) is 1.07. The zero-order valence-corrected chi connectivity index (χ0v) is 7.01. The molecule has 1 aromatic rings. The molecule has 0 N–H and O–H groups in total. The Kier molecular flexibility index (Phi) is 2.82. The Morgan fingerprint density at radius 3 is 1.79 bits per heavy atom. The van der Waals surface area contributed by atoms with Crippen LogP contribution in [-0.4, -0.2) is 18.9 Å². The molecule has 0 spiro atoms. The molecule has 0 radical (unpaired) electrons. The van der Waals surface area contributed by atoms with E-state index in [0.717, 1.165) is 0 Å². The van der Waals surface area contributed by atoms with Gasteiger partial charge in [0, 0.05) is 5.56 Å². The summed E-state index contributed by atoms with van der Waals surface area (Å²) < 4.78 is 0. The standard InChI is InChI=1S/C9H5N2O3/c10-11-9-7(4-13)1-6(3-12)2-8(9)5-14/h1-5H/q+1. The Labute approximate surface area is 79.0 Å². The zero-order valence-electron chi connectivity index (χ0n) is 7.01. The van der Waals surface area contributed by atoms with Crippen molar-refractivity contribution in [3.8, 4) is 0 Å². The molecule has 0 aliphatic heterocycles. The Bertz CT molecular complexity index is 417. The van der Waals surface area contributed by atoms with E-state index in [-0.39, 0.29) is 22.4 Å². The van der Waals surface area contributed by atoms with Gasteiger partial charge in [0.1, 0.15) is 17.4 Å². The average molecular weight is 189 g/mol. The summed E-state index contributed by atoms with van der Waals surface area (Å²) in [6, 6.07) is 2.48. The first-order valence-corrected chi connectivity index (χ1v) is 3.65. The lowest BCUT2D eigenvalue weighted by Gasteiger charge is -1.92. The maximum atomic E-state index is 10.5. The fraction of sp³-hybridized carbons (Fsp3) is 0. The first-order valence-electron chi connectivity index (χ1n) is 3.65. The van der Waals surface area contributed by atoms with E-state index >= 15 is 0 Å². The molecule has 0 saturated carbocycles. The Morgan fingerprint density at radius 1 is 1.00 bits per heavy atom. The third kappa shape index (κ3) is 1.54. The largest absolute Gasteiger partial charge is 0.405 e. The van der Waals surface area contributed by atoms with Gasteiger partial charge in [0.25, 0.3) is 0 Å². The van der Waals surface area contributed by atoms with Crippen LogP contribution in [0.2, 0.25) is 0 Å². The number of nitrogens with zero attached hydrogens (tertiary/aromatic N) is 2. The Hall–Kier alpha value is -2.35. The molecule has 1 aromatic carbocycles. The molecule has 0 amide bonds. The minimum absolute atomic E-state index is 0.000741. The molecule has 0 bridgehead atoms. The molecule has 0 aromatic heterocycles. The molecule has 0 atom stereocenters. The molecule has 0 heterocycles. The lowest BCUT2D eigenvalue weighted by atomic mass is 10.1. The zero-order chi connectivity index (χ0) is 10.6. The van der Waals surface area contributed by atoms with Gasteiger partial charge >= 0.3 is 5.69 Å². The number of rotatable bonds is 3. The normalized spacial score (nSPS) is 8.79. The number of carbonyl (C=O) groups is 3. The summed E-state index contributed by atoms with van der Waals surface area (Å²) in [7, 11) is 0. The second-order valence-electron chi connectivity index (χ2n) is 2.50. The summed E-state index contributed by atoms with van der Waals surface area (Å²) in [6.45, 7) is 0. The van der Waals surface area contributed by atoms with Gasteiger partial charge in [-0.15, -0.1) is 0 Å². The molecule has 5 heteroatoms. The maximum absolute atomic E-state index is 10.5. The molecule has 1 rings (SSSR count). The minimum Gasteiger partial charge on any atom is -0.298 e. The lowest BCUT2D eigenvalue weighted by molar-refractivity contribution is 0.112. The van der Waals surface area contributed by atoms with Crippen molar-refractivity contribution in [2.45, 2.75) is 0 Å². The number of hydrogen-bond donors (Lipinski definition) is 0. The van der Waals surface area contributed by atoms with Gasteiger partial charge in [-0.05, 0) is 12.1 Å². The van der Waals surface area contributed by atoms with E-state index in [9.17, 15) is 14.4 Å². The summed E-state index contributed by atoms with van der Waals surface area (Å²) in [4.78, 5) is 34.3. The summed E-state index contributed by atoms with van der Waals surface area (Å²) in [5.41, 5.74) is 0.0561. The van der Waals surface area contributed by atoms with E-state index < -0.39 is 0 Å². The van der Waals surface area contributed by atoms with Crippen molar-refractivity contribution in [3.63, 3.8) is 0 Å². The van der Waals surface area contributed by atoms with Crippen LogP contribution in [0.25, 0.3) is 4.98 Å². The van der Waals surface area contributed by atoms with Crippen molar-refractivity contribution in [3.05, 3.63) is 33.8 Å². The van der Waals surface area contributed by atoms with E-state index in [0.29, 0.717) is 18.9 Å². The van der Waals surface area contributed by atoms with Crippen molar-refractivity contribution >= 4 is 24.5 Å². The molecular weight excluding hydrogens is 184 g/mol. The van der Waals surface area contributed by atoms with Crippen molar-refractivity contribution in [1.82, 2.24) is 0 Å². The van der Waals surface area contributed by atoms with Crippen LogP contribution in [0.5, 0.6) is 0 Å². The first-order chi connectivity index (χ1) is 6.76. The van der Waals surface area contributed by atoms with Crippen molar-refractivity contribution < 1.29 is 14.4 Å². The molecule has 5 nitrogen and oxygen atoms in total. The van der Waals surface area contributed by atoms with Gasteiger partial charge in [0.05, 0.1) is 0 Å². The molecular formula is C9H5N2O3+. The molecule has 0 aliphatic rings. The lowest BCUT2D eigenvalue weighted by Crippen LogP contribution is -1.91. The van der Waals surface area contributed by atoms with Crippen LogP contribution in [0.4, 0.5) is 5.69 Å². The molecule has 0 fully saturated rings. The topological polar surface area (TPSA) is 79.4 Å². The monoisotopic (exact) mass is 189 g/mol. The van der Waals surface area contributed by atoms with Crippen LogP contribution in [0.3, 0.4) is 0 Å². The summed E-state index contributed by atoms with van der Waals surface area (Å²) in [5, 5.41) is 8.54. The molecule has 0 saturated heterocycles. The Balaban J connectivity index is 3.56. The minimum atomic E-state index is -0.124. The average Bonchev–Trinajstić information content (AvgIpc) is 2.26. The van der Waals surface area contributed by atoms with Crippen LogP contribution in [-0.2, 0) is 0 Å². The highest BCUT2D eigenvalue weighted by atomic mass is 16.1. The van der Waals surface area contributed by atoms with Crippen LogP contribution < -0.4 is 0 Å². The molecule has 0 aliphatic carbocycles. The molecule has 14 heavy (non-hydrogen) atoms. The van der Waals surface area contributed by atoms with E-state index in [2.05, 4.69) is 4.98 Å². The second-order valence-corrected chi connectivity index (χ2v) is 2.50. The van der Waals surface area contributed by atoms with E-state index in [4.69, 9.17) is 5.39 Å². The van der Waals surface area contributed by atoms with E-state index in [1.54, 1.807) is 0 Å². The van der Waals surface area contributed by atoms with Gasteiger partial charge in [0.2, 0.25) is 5.39 Å². The first kappa shape index (κ1) is 9.74. The number of aldehydes is 3. The van der Waals surface area contributed by atoms with Gasteiger partial charge < -0.3 is 0 Å². The predicted octanol–water partition coefficient (Wildman–Crippen LogP) is 1.61. The van der Waals surface area contributed by atoms with Crippen LogP contribution in [0.1, 0.15) is 31.1 Å². The third-order valence-corrected chi connectivity index (χ3v) is 1.68. The van der Waals surface area contributed by atoms with Crippen LogP contribution in [0, 0.1) is 5.39 Å². The number of carbonyl (C=O) groups excluding carboxylic acids is 3. The highest BCUT2D eigenvalue weighted by Crippen LogP contribution is 2.23. The summed E-state index contributed by atoms with van der Waals surface area (Å²) >= 11 is 0. The van der Waals surface area contributed by atoms with Crippen LogP contribution in [0.15, 0.2) is 12.1 Å². The van der Waals surface area contributed by atoms with E-state index in [1.165, 1.54) is 12.1 Å². The highest BCUT2D eigenvalue weighted by molar-refractivity contribution is 5.97.